The van der Waals surface area contributed by atoms with Crippen molar-refractivity contribution in [2.75, 3.05) is 26.2 Å². The molecule has 0 radical (unpaired) electrons. The van der Waals surface area contributed by atoms with Gasteiger partial charge in [-0.2, -0.15) is 5.10 Å². The molecular weight excluding hydrogens is 240 g/mol. The van der Waals surface area contributed by atoms with Gasteiger partial charge in [-0.15, -0.1) is 0 Å². The van der Waals surface area contributed by atoms with Gasteiger partial charge in [-0.3, -0.25) is 9.58 Å². The molecule has 2 rings (SSSR count). The molecule has 1 aromatic heterocycles. The number of nitrogens with zero attached hydrogens (tertiary/aromatic N) is 3. The first-order chi connectivity index (χ1) is 9.19. The summed E-state index contributed by atoms with van der Waals surface area (Å²) in [5.41, 5.74) is 7.53. The van der Waals surface area contributed by atoms with E-state index < -0.39 is 0 Å². The summed E-state index contributed by atoms with van der Waals surface area (Å²) in [4.78, 5) is 2.46. The summed E-state index contributed by atoms with van der Waals surface area (Å²) in [5.74, 6) is 0. The molecule has 0 bridgehead atoms. The van der Waals surface area contributed by atoms with Crippen molar-refractivity contribution in [2.24, 2.45) is 12.8 Å². The van der Waals surface area contributed by atoms with Crippen LogP contribution in [0.5, 0.6) is 0 Å². The molecule has 1 aliphatic heterocycles. The van der Waals surface area contributed by atoms with Crippen LogP contribution in [0.25, 0.3) is 0 Å². The first-order valence-corrected chi connectivity index (χ1v) is 7.26. The zero-order valence-corrected chi connectivity index (χ0v) is 12.1. The number of morpholine rings is 1. The molecule has 0 aromatic carbocycles. The molecule has 19 heavy (non-hydrogen) atoms. The van der Waals surface area contributed by atoms with Gasteiger partial charge in [0, 0.05) is 32.4 Å². The number of aromatic nitrogens is 2. The fourth-order valence-corrected chi connectivity index (χ4v) is 2.63. The van der Waals surface area contributed by atoms with Crippen molar-refractivity contribution >= 4 is 0 Å². The molecule has 0 amide bonds. The monoisotopic (exact) mass is 266 g/mol. The van der Waals surface area contributed by atoms with Crippen LogP contribution in [0.3, 0.4) is 0 Å². The smallest absolute Gasteiger partial charge is 0.0853 e. The summed E-state index contributed by atoms with van der Waals surface area (Å²) in [5, 5.41) is 4.18. The third-order valence-corrected chi connectivity index (χ3v) is 3.72. The lowest BCUT2D eigenvalue weighted by Gasteiger charge is -2.35. The molecule has 2 atom stereocenters. The third kappa shape index (κ3) is 4.30. The Morgan fingerprint density at radius 2 is 2.42 bits per heavy atom. The van der Waals surface area contributed by atoms with Gasteiger partial charge in [0.25, 0.3) is 0 Å². The molecule has 5 heteroatoms. The lowest BCUT2D eigenvalue weighted by atomic mass is 10.0. The van der Waals surface area contributed by atoms with E-state index in [2.05, 4.69) is 23.1 Å². The highest BCUT2D eigenvalue weighted by Crippen LogP contribution is 2.12. The minimum Gasteiger partial charge on any atom is -0.374 e. The van der Waals surface area contributed by atoms with Crippen molar-refractivity contribution < 1.29 is 4.74 Å². The topological polar surface area (TPSA) is 56.3 Å². The lowest BCUT2D eigenvalue weighted by molar-refractivity contribution is -0.0412. The summed E-state index contributed by atoms with van der Waals surface area (Å²) in [6.07, 6.45) is 7.27. The Bertz CT molecular complexity index is 377. The second-order valence-corrected chi connectivity index (χ2v) is 5.43. The molecular formula is C14H26N4O. The molecule has 1 aliphatic rings. The van der Waals surface area contributed by atoms with E-state index in [4.69, 9.17) is 10.5 Å². The number of ether oxygens (including phenoxy) is 1. The zero-order valence-electron chi connectivity index (χ0n) is 12.1. The fraction of sp³-hybridized carbons (Fsp3) is 0.786. The van der Waals surface area contributed by atoms with Gasteiger partial charge in [-0.05, 0) is 31.4 Å². The molecule has 2 heterocycles. The van der Waals surface area contributed by atoms with Gasteiger partial charge >= 0.3 is 0 Å². The molecule has 2 N–H and O–H groups in total. The average molecular weight is 266 g/mol. The molecule has 1 fully saturated rings. The highest BCUT2D eigenvalue weighted by Gasteiger charge is 2.25. The number of hydrogen-bond acceptors (Lipinski definition) is 4. The molecule has 5 nitrogen and oxygen atoms in total. The number of aryl methyl sites for hydroxylation is 2. The number of hydrogen-bond donors (Lipinski definition) is 1. The molecule has 0 saturated carbocycles. The van der Waals surface area contributed by atoms with Gasteiger partial charge in [-0.25, -0.2) is 0 Å². The van der Waals surface area contributed by atoms with Crippen molar-refractivity contribution in [2.45, 2.75) is 38.3 Å². The normalized spacial score (nSPS) is 22.6. The average Bonchev–Trinajstić information content (AvgIpc) is 2.82. The van der Waals surface area contributed by atoms with Crippen molar-refractivity contribution in [3.05, 3.63) is 18.0 Å². The Morgan fingerprint density at radius 1 is 1.58 bits per heavy atom. The van der Waals surface area contributed by atoms with Crippen LogP contribution in [0, 0.1) is 0 Å². The summed E-state index contributed by atoms with van der Waals surface area (Å²) >= 11 is 0. The van der Waals surface area contributed by atoms with Crippen LogP contribution in [-0.2, 0) is 18.2 Å². The van der Waals surface area contributed by atoms with Crippen LogP contribution in [0.4, 0.5) is 0 Å². The van der Waals surface area contributed by atoms with Gasteiger partial charge in [-0.1, -0.05) is 6.92 Å². The molecule has 1 saturated heterocycles. The van der Waals surface area contributed by atoms with Gasteiger partial charge in [0.15, 0.2) is 0 Å². The van der Waals surface area contributed by atoms with Gasteiger partial charge in [0.1, 0.15) is 0 Å². The first-order valence-electron chi connectivity index (χ1n) is 7.26. The Morgan fingerprint density at radius 3 is 3.11 bits per heavy atom. The van der Waals surface area contributed by atoms with E-state index in [1.165, 1.54) is 12.0 Å². The van der Waals surface area contributed by atoms with Gasteiger partial charge in [0.2, 0.25) is 0 Å². The predicted octanol–water partition coefficient (Wildman–Crippen LogP) is 0.791. The van der Waals surface area contributed by atoms with E-state index in [1.807, 2.05) is 17.9 Å². The Balaban J connectivity index is 1.77. The third-order valence-electron chi connectivity index (χ3n) is 3.72. The molecule has 2 unspecified atom stereocenters. The number of rotatable bonds is 6. The number of nitrogens with two attached hydrogens (primary N) is 1. The van der Waals surface area contributed by atoms with Crippen LogP contribution in [0.2, 0.25) is 0 Å². The molecule has 0 aliphatic carbocycles. The zero-order chi connectivity index (χ0) is 13.7. The Labute approximate surface area is 115 Å². The van der Waals surface area contributed by atoms with Crippen molar-refractivity contribution in [3.8, 4) is 0 Å². The van der Waals surface area contributed by atoms with Crippen LogP contribution in [-0.4, -0.2) is 53.1 Å². The maximum absolute atomic E-state index is 6.28. The van der Waals surface area contributed by atoms with E-state index in [-0.39, 0.29) is 12.1 Å². The minimum absolute atomic E-state index is 0.111. The molecule has 1 aromatic rings. The van der Waals surface area contributed by atoms with E-state index in [0.29, 0.717) is 0 Å². The van der Waals surface area contributed by atoms with Crippen LogP contribution in [0.15, 0.2) is 12.4 Å². The van der Waals surface area contributed by atoms with Gasteiger partial charge < -0.3 is 10.5 Å². The quantitative estimate of drug-likeness (QED) is 0.827. The summed E-state index contributed by atoms with van der Waals surface area (Å²) in [6.45, 7) is 6.19. The second-order valence-electron chi connectivity index (χ2n) is 5.43. The van der Waals surface area contributed by atoms with E-state index in [1.54, 1.807) is 0 Å². The standard InChI is InChI=1S/C14H26N4O/c1-3-6-18-7-8-19-14(11-18)13(15)5-4-12-9-16-17(2)10-12/h9-10,13-14H,3-8,11,15H2,1-2H3. The lowest BCUT2D eigenvalue weighted by Crippen LogP contribution is -2.50. The van der Waals surface area contributed by atoms with Crippen LogP contribution < -0.4 is 5.73 Å². The van der Waals surface area contributed by atoms with E-state index in [9.17, 15) is 0 Å². The Hall–Kier alpha value is -0.910. The summed E-state index contributed by atoms with van der Waals surface area (Å²) in [7, 11) is 1.94. The van der Waals surface area contributed by atoms with Crippen LogP contribution in [0.1, 0.15) is 25.3 Å². The van der Waals surface area contributed by atoms with E-state index in [0.717, 1.165) is 39.1 Å². The maximum atomic E-state index is 6.28. The SMILES string of the molecule is CCCN1CCOC(C(N)CCc2cnn(C)c2)C1. The highest BCUT2D eigenvalue weighted by molar-refractivity contribution is 5.04. The predicted molar refractivity (Wildman–Crippen MR) is 76.0 cm³/mol. The highest BCUT2D eigenvalue weighted by atomic mass is 16.5. The Kier molecular flexibility index (Phi) is 5.36. The van der Waals surface area contributed by atoms with Crippen LogP contribution >= 0.6 is 0 Å². The van der Waals surface area contributed by atoms with Crippen molar-refractivity contribution in [3.63, 3.8) is 0 Å². The molecule has 0 spiro atoms. The second kappa shape index (κ2) is 7.03. The van der Waals surface area contributed by atoms with Crippen molar-refractivity contribution in [1.29, 1.82) is 0 Å². The molecule has 108 valence electrons. The first kappa shape index (κ1) is 14.5. The van der Waals surface area contributed by atoms with Crippen molar-refractivity contribution in [1.82, 2.24) is 14.7 Å². The van der Waals surface area contributed by atoms with E-state index >= 15 is 0 Å². The largest absolute Gasteiger partial charge is 0.374 e. The minimum atomic E-state index is 0.111. The summed E-state index contributed by atoms with van der Waals surface area (Å²) in [6, 6.07) is 0.111. The summed E-state index contributed by atoms with van der Waals surface area (Å²) < 4.78 is 7.66. The maximum Gasteiger partial charge on any atom is 0.0853 e. The van der Waals surface area contributed by atoms with Gasteiger partial charge in [0.05, 0.1) is 18.9 Å². The fourth-order valence-electron chi connectivity index (χ4n) is 2.63.